The Morgan fingerprint density at radius 2 is 2.00 bits per heavy atom. The molecule has 1 unspecified atom stereocenters. The Labute approximate surface area is 220 Å². The Morgan fingerprint density at radius 3 is 2.65 bits per heavy atom. The third-order valence-corrected chi connectivity index (χ3v) is 7.29. The molecule has 1 aromatic heterocycles. The number of hydrogen-bond acceptors (Lipinski definition) is 10. The van der Waals surface area contributed by atoms with E-state index in [9.17, 15) is 14.7 Å². The van der Waals surface area contributed by atoms with E-state index in [1.54, 1.807) is 0 Å². The van der Waals surface area contributed by atoms with Crippen LogP contribution in [0.15, 0.2) is 36.4 Å². The molecule has 0 bridgehead atoms. The van der Waals surface area contributed by atoms with Crippen molar-refractivity contribution in [2.45, 2.75) is 45.6 Å². The fourth-order valence-corrected chi connectivity index (χ4v) is 5.22. The largest absolute Gasteiger partial charge is 0.508 e. The van der Waals surface area contributed by atoms with Crippen LogP contribution < -0.4 is 20.5 Å². The third-order valence-electron chi connectivity index (χ3n) is 6.31. The summed E-state index contributed by atoms with van der Waals surface area (Å²) < 4.78 is 11.3. The number of nitrogens with two attached hydrogens (primary N) is 1. The average Bonchev–Trinajstić information content (AvgIpc) is 3.44. The molecule has 1 aliphatic rings. The zero-order valence-corrected chi connectivity index (χ0v) is 22.1. The second kappa shape index (κ2) is 11.6. The van der Waals surface area contributed by atoms with E-state index in [1.807, 2.05) is 31.2 Å². The topological polar surface area (TPSA) is 127 Å². The van der Waals surface area contributed by atoms with E-state index in [4.69, 9.17) is 15.2 Å². The van der Waals surface area contributed by atoms with E-state index >= 15 is 0 Å². The van der Waals surface area contributed by atoms with Crippen LogP contribution in [0.4, 0.5) is 16.6 Å². The van der Waals surface area contributed by atoms with Gasteiger partial charge in [0.25, 0.3) is 0 Å². The molecule has 4 rings (SSSR count). The molecule has 0 radical (unpaired) electrons. The highest BCUT2D eigenvalue weighted by Crippen LogP contribution is 2.37. The van der Waals surface area contributed by atoms with Crippen LogP contribution >= 0.6 is 11.3 Å². The molecule has 1 fully saturated rings. The minimum absolute atomic E-state index is 0.0306. The number of likely N-dealkylation sites (tertiary alicyclic amines) is 1. The smallest absolute Gasteiger partial charge is 0.308 e. The minimum atomic E-state index is -0.584. The Kier molecular flexibility index (Phi) is 8.30. The first-order chi connectivity index (χ1) is 17.8. The average molecular weight is 525 g/mol. The molecule has 0 saturated carbocycles. The molecule has 1 aliphatic heterocycles. The highest BCUT2D eigenvalue weighted by Gasteiger charge is 2.26. The Balaban J connectivity index is 1.49. The number of likely N-dealkylation sites (N-methyl/N-ethyl adjacent to an activating group) is 1. The second-order valence-corrected chi connectivity index (χ2v) is 10.1. The van der Waals surface area contributed by atoms with E-state index in [1.165, 1.54) is 25.5 Å². The molecule has 2 aromatic carbocycles. The normalized spacial score (nSPS) is 15.5. The number of thiazole rings is 1. The maximum Gasteiger partial charge on any atom is 0.308 e. The van der Waals surface area contributed by atoms with Gasteiger partial charge in [-0.15, -0.1) is 0 Å². The standard InChI is InChI=1S/C27H32N4O5S/c1-4-6-20-22(33)13-12-21(24(20)36-16(2)32)23(34)25-26(28)30-27(37-25)29-17-8-10-19(11-9-17)35-15-18-7-5-14-31(18)3/h8-13,18,33H,4-7,14-15,28H2,1-3H3,(H,29,30). The van der Waals surface area contributed by atoms with E-state index in [0.29, 0.717) is 36.2 Å². The van der Waals surface area contributed by atoms with Gasteiger partial charge in [-0.2, -0.15) is 0 Å². The molecule has 2 heterocycles. The van der Waals surface area contributed by atoms with Gasteiger partial charge < -0.3 is 30.5 Å². The van der Waals surface area contributed by atoms with Crippen LogP contribution in [0.5, 0.6) is 17.2 Å². The summed E-state index contributed by atoms with van der Waals surface area (Å²) in [6.07, 6.45) is 3.48. The third kappa shape index (κ3) is 6.20. The Hall–Kier alpha value is -3.63. The molecule has 0 aliphatic carbocycles. The quantitative estimate of drug-likeness (QED) is 0.195. The van der Waals surface area contributed by atoms with Crippen LogP contribution in [0.1, 0.15) is 53.9 Å². The van der Waals surface area contributed by atoms with Crippen LogP contribution in [-0.4, -0.2) is 53.0 Å². The molecule has 0 spiro atoms. The summed E-state index contributed by atoms with van der Waals surface area (Å²) in [5, 5.41) is 13.9. The van der Waals surface area contributed by atoms with Crippen LogP contribution in [0.25, 0.3) is 0 Å². The first-order valence-corrected chi connectivity index (χ1v) is 13.1. The molecule has 10 heteroatoms. The number of aromatic nitrogens is 1. The maximum absolute atomic E-state index is 13.4. The van der Waals surface area contributed by atoms with Gasteiger partial charge in [-0.3, -0.25) is 9.59 Å². The monoisotopic (exact) mass is 524 g/mol. The van der Waals surface area contributed by atoms with Gasteiger partial charge in [0.2, 0.25) is 5.78 Å². The van der Waals surface area contributed by atoms with Crippen molar-refractivity contribution in [1.82, 2.24) is 9.88 Å². The van der Waals surface area contributed by atoms with Crippen LogP contribution in [0.2, 0.25) is 0 Å². The lowest BCUT2D eigenvalue weighted by molar-refractivity contribution is -0.131. The number of nitrogen functional groups attached to an aromatic ring is 1. The molecular weight excluding hydrogens is 492 g/mol. The predicted octanol–water partition coefficient (Wildman–Crippen LogP) is 4.76. The number of carbonyl (C=O) groups excluding carboxylic acids is 2. The van der Waals surface area contributed by atoms with Crippen LogP contribution in [0, 0.1) is 0 Å². The summed E-state index contributed by atoms with van der Waals surface area (Å²) in [5.74, 6) is -0.139. The van der Waals surface area contributed by atoms with Gasteiger partial charge in [0.05, 0.1) is 5.56 Å². The summed E-state index contributed by atoms with van der Waals surface area (Å²) in [4.78, 5) is 32.0. The fraction of sp³-hybridized carbons (Fsp3) is 0.370. The lowest BCUT2D eigenvalue weighted by Crippen LogP contribution is -2.30. The predicted molar refractivity (Wildman–Crippen MR) is 144 cm³/mol. The molecule has 4 N–H and O–H groups in total. The zero-order chi connectivity index (χ0) is 26.5. The van der Waals surface area contributed by atoms with Crippen molar-refractivity contribution in [3.05, 3.63) is 52.4 Å². The minimum Gasteiger partial charge on any atom is -0.508 e. The summed E-state index contributed by atoms with van der Waals surface area (Å²) >= 11 is 1.10. The number of nitrogens with one attached hydrogen (secondary N) is 1. The van der Waals surface area contributed by atoms with Crippen LogP contribution in [0.3, 0.4) is 0 Å². The van der Waals surface area contributed by atoms with E-state index in [-0.39, 0.29) is 27.8 Å². The molecule has 1 atom stereocenters. The van der Waals surface area contributed by atoms with Gasteiger partial charge in [0.1, 0.15) is 34.6 Å². The number of phenols is 1. The number of nitrogens with zero attached hydrogens (tertiary/aromatic N) is 2. The van der Waals surface area contributed by atoms with E-state index in [0.717, 1.165) is 35.7 Å². The van der Waals surface area contributed by atoms with Crippen molar-refractivity contribution >= 4 is 39.7 Å². The number of carbonyl (C=O) groups is 2. The number of anilines is 3. The van der Waals surface area contributed by atoms with Crippen molar-refractivity contribution in [2.75, 3.05) is 31.2 Å². The molecule has 9 nitrogen and oxygen atoms in total. The second-order valence-electron chi connectivity index (χ2n) is 9.08. The number of aromatic hydroxyl groups is 1. The van der Waals surface area contributed by atoms with Crippen molar-refractivity contribution in [1.29, 1.82) is 0 Å². The summed E-state index contributed by atoms with van der Waals surface area (Å²) in [5.41, 5.74) is 7.43. The molecule has 3 aromatic rings. The van der Waals surface area contributed by atoms with E-state index < -0.39 is 11.8 Å². The maximum atomic E-state index is 13.4. The van der Waals surface area contributed by atoms with Gasteiger partial charge in [-0.05, 0) is 69.3 Å². The number of benzene rings is 2. The number of ketones is 1. The van der Waals surface area contributed by atoms with Gasteiger partial charge >= 0.3 is 5.97 Å². The number of ether oxygens (including phenoxy) is 2. The zero-order valence-electron chi connectivity index (χ0n) is 21.2. The van der Waals surface area contributed by atoms with Crippen molar-refractivity contribution in [2.24, 2.45) is 0 Å². The number of phenolic OH excluding ortho intramolecular Hbond substituents is 1. The molecule has 1 saturated heterocycles. The van der Waals surface area contributed by atoms with Crippen molar-refractivity contribution < 1.29 is 24.2 Å². The first kappa shape index (κ1) is 26.4. The summed E-state index contributed by atoms with van der Waals surface area (Å²) in [6.45, 7) is 4.94. The van der Waals surface area contributed by atoms with Crippen molar-refractivity contribution in [3.63, 3.8) is 0 Å². The SMILES string of the molecule is CCCc1c(O)ccc(C(=O)c2sc(Nc3ccc(OCC4CCCN4C)cc3)nc2N)c1OC(C)=O. The first-order valence-electron chi connectivity index (χ1n) is 12.3. The summed E-state index contributed by atoms with van der Waals surface area (Å²) in [6, 6.07) is 10.8. The van der Waals surface area contributed by atoms with Gasteiger partial charge in [0.15, 0.2) is 5.13 Å². The molecular formula is C27H32N4O5S. The van der Waals surface area contributed by atoms with Gasteiger partial charge in [-0.1, -0.05) is 24.7 Å². The lowest BCUT2D eigenvalue weighted by atomic mass is 10.00. The number of esters is 1. The highest BCUT2D eigenvalue weighted by molar-refractivity contribution is 7.18. The lowest BCUT2D eigenvalue weighted by Gasteiger charge is -2.19. The van der Waals surface area contributed by atoms with Crippen molar-refractivity contribution in [3.8, 4) is 17.2 Å². The Bertz CT molecular complexity index is 1270. The van der Waals surface area contributed by atoms with Crippen LogP contribution in [-0.2, 0) is 11.2 Å². The highest BCUT2D eigenvalue weighted by atomic mass is 32.1. The van der Waals surface area contributed by atoms with Gasteiger partial charge in [0, 0.05) is 24.2 Å². The molecule has 37 heavy (non-hydrogen) atoms. The Morgan fingerprint density at radius 1 is 1.24 bits per heavy atom. The molecule has 196 valence electrons. The van der Waals surface area contributed by atoms with E-state index in [2.05, 4.69) is 22.2 Å². The molecule has 0 amide bonds. The fourth-order valence-electron chi connectivity index (χ4n) is 4.36. The number of hydrogen-bond donors (Lipinski definition) is 3. The summed E-state index contributed by atoms with van der Waals surface area (Å²) in [7, 11) is 2.12. The number of rotatable bonds is 10. The van der Waals surface area contributed by atoms with Gasteiger partial charge in [-0.25, -0.2) is 4.98 Å².